The van der Waals surface area contributed by atoms with Crippen LogP contribution in [0.5, 0.6) is 5.75 Å². The Morgan fingerprint density at radius 3 is 1.87 bits per heavy atom. The minimum absolute atomic E-state index is 0.182. The van der Waals surface area contributed by atoms with Crippen LogP contribution in [0.3, 0.4) is 0 Å². The molecule has 3 aromatic rings. The average molecular weight is 301 g/mol. The summed E-state index contributed by atoms with van der Waals surface area (Å²) in [4.78, 5) is 12.3. The number of benzene rings is 3. The van der Waals surface area contributed by atoms with Crippen LogP contribution < -0.4 is 10.1 Å². The number of nitrogens with one attached hydrogen (secondary N) is 1. The number of ether oxygens (including phenoxy) is 1. The summed E-state index contributed by atoms with van der Waals surface area (Å²) in [6.45, 7) is 0. The maximum Gasteiger partial charge on any atom is 0.413 e. The van der Waals surface area contributed by atoms with Gasteiger partial charge in [-0.3, -0.25) is 0 Å². The Kier molecular flexibility index (Phi) is 3.31. The van der Waals surface area contributed by atoms with Gasteiger partial charge in [0.1, 0.15) is 5.75 Å². The van der Waals surface area contributed by atoms with Crippen LogP contribution in [-0.2, 0) is 0 Å². The third-order valence-electron chi connectivity index (χ3n) is 4.05. The highest BCUT2D eigenvalue weighted by molar-refractivity contribution is 5.81. The van der Waals surface area contributed by atoms with Gasteiger partial charge in [-0.2, -0.15) is 0 Å². The number of para-hydroxylation sites is 1. The fraction of sp³-hybridized carbons (Fsp3) is 0.0500. The smallest absolute Gasteiger partial charge is 0.410 e. The SMILES string of the molecule is O=C(NC1c2ccccc2-c2ccccc21)Oc1ccccc1. The molecule has 1 aliphatic carbocycles. The molecule has 23 heavy (non-hydrogen) atoms. The van der Waals surface area contributed by atoms with Gasteiger partial charge >= 0.3 is 6.09 Å². The molecule has 0 saturated heterocycles. The molecule has 0 saturated carbocycles. The van der Waals surface area contributed by atoms with Crippen LogP contribution in [0.2, 0.25) is 0 Å². The molecule has 0 atom stereocenters. The van der Waals surface area contributed by atoms with Crippen molar-refractivity contribution in [2.45, 2.75) is 6.04 Å². The molecule has 0 bridgehead atoms. The molecular weight excluding hydrogens is 286 g/mol. The van der Waals surface area contributed by atoms with Crippen molar-refractivity contribution in [1.82, 2.24) is 5.32 Å². The molecule has 0 spiro atoms. The van der Waals surface area contributed by atoms with E-state index >= 15 is 0 Å². The molecule has 3 nitrogen and oxygen atoms in total. The van der Waals surface area contributed by atoms with E-state index in [4.69, 9.17) is 4.74 Å². The third kappa shape index (κ3) is 2.46. The van der Waals surface area contributed by atoms with Crippen LogP contribution in [-0.4, -0.2) is 6.09 Å². The Bertz CT molecular complexity index is 813. The third-order valence-corrected chi connectivity index (χ3v) is 4.05. The largest absolute Gasteiger partial charge is 0.413 e. The number of hydrogen-bond donors (Lipinski definition) is 1. The van der Waals surface area contributed by atoms with E-state index in [2.05, 4.69) is 17.4 Å². The monoisotopic (exact) mass is 301 g/mol. The van der Waals surface area contributed by atoms with Gasteiger partial charge in [-0.05, 0) is 34.4 Å². The highest BCUT2D eigenvalue weighted by Crippen LogP contribution is 2.42. The zero-order chi connectivity index (χ0) is 15.6. The van der Waals surface area contributed by atoms with E-state index in [1.165, 1.54) is 0 Å². The summed E-state index contributed by atoms with van der Waals surface area (Å²) < 4.78 is 5.36. The minimum Gasteiger partial charge on any atom is -0.410 e. The summed E-state index contributed by atoms with van der Waals surface area (Å²) in [5.74, 6) is 0.532. The molecule has 1 aliphatic rings. The first kappa shape index (κ1) is 13.6. The first-order chi connectivity index (χ1) is 11.3. The predicted molar refractivity (Wildman–Crippen MR) is 89.3 cm³/mol. The number of fused-ring (bicyclic) bond motifs is 3. The van der Waals surface area contributed by atoms with Gasteiger partial charge in [0.05, 0.1) is 6.04 Å². The van der Waals surface area contributed by atoms with Gasteiger partial charge in [0.25, 0.3) is 0 Å². The molecule has 3 aromatic carbocycles. The minimum atomic E-state index is -0.451. The van der Waals surface area contributed by atoms with Gasteiger partial charge in [-0.15, -0.1) is 0 Å². The van der Waals surface area contributed by atoms with Crippen LogP contribution in [0.25, 0.3) is 11.1 Å². The molecular formula is C20H15NO2. The summed E-state index contributed by atoms with van der Waals surface area (Å²) in [6.07, 6.45) is -0.451. The molecule has 3 heteroatoms. The van der Waals surface area contributed by atoms with Crippen molar-refractivity contribution in [3.8, 4) is 16.9 Å². The maximum absolute atomic E-state index is 12.3. The fourth-order valence-electron chi connectivity index (χ4n) is 3.05. The normalized spacial score (nSPS) is 12.3. The van der Waals surface area contributed by atoms with Crippen LogP contribution in [0, 0.1) is 0 Å². The van der Waals surface area contributed by atoms with Crippen LogP contribution >= 0.6 is 0 Å². The lowest BCUT2D eigenvalue weighted by Gasteiger charge is -2.15. The Labute approximate surface area is 134 Å². The number of carbonyl (C=O) groups is 1. The van der Waals surface area contributed by atoms with Crippen LogP contribution in [0.15, 0.2) is 78.9 Å². The molecule has 4 rings (SSSR count). The lowest BCUT2D eigenvalue weighted by molar-refractivity contribution is 0.198. The number of rotatable bonds is 2. The second-order valence-electron chi connectivity index (χ2n) is 5.45. The van der Waals surface area contributed by atoms with Crippen molar-refractivity contribution in [2.24, 2.45) is 0 Å². The van der Waals surface area contributed by atoms with Crippen LogP contribution in [0.4, 0.5) is 4.79 Å². The first-order valence-electron chi connectivity index (χ1n) is 7.54. The Hall–Kier alpha value is -3.07. The van der Waals surface area contributed by atoms with Gasteiger partial charge in [0.15, 0.2) is 0 Å². The van der Waals surface area contributed by atoms with Crippen molar-refractivity contribution in [3.05, 3.63) is 90.0 Å². The lowest BCUT2D eigenvalue weighted by atomic mass is 10.1. The fourth-order valence-corrected chi connectivity index (χ4v) is 3.05. The molecule has 0 heterocycles. The highest BCUT2D eigenvalue weighted by atomic mass is 16.6. The Balaban J connectivity index is 1.63. The van der Waals surface area contributed by atoms with Crippen molar-refractivity contribution in [1.29, 1.82) is 0 Å². The molecule has 0 aromatic heterocycles. The molecule has 0 fully saturated rings. The van der Waals surface area contributed by atoms with E-state index in [1.54, 1.807) is 12.1 Å². The highest BCUT2D eigenvalue weighted by Gasteiger charge is 2.29. The van der Waals surface area contributed by atoms with Crippen molar-refractivity contribution >= 4 is 6.09 Å². The molecule has 0 unspecified atom stereocenters. The average Bonchev–Trinajstić information content (AvgIpc) is 2.90. The van der Waals surface area contributed by atoms with Crippen molar-refractivity contribution < 1.29 is 9.53 Å². The van der Waals surface area contributed by atoms with Gasteiger partial charge in [0.2, 0.25) is 0 Å². The van der Waals surface area contributed by atoms with E-state index in [0.717, 1.165) is 22.3 Å². The zero-order valence-corrected chi connectivity index (χ0v) is 12.4. The quantitative estimate of drug-likeness (QED) is 0.754. The van der Waals surface area contributed by atoms with E-state index in [9.17, 15) is 4.79 Å². The standard InChI is InChI=1S/C20H15NO2/c22-20(23-14-8-2-1-3-9-14)21-19-17-12-6-4-10-15(17)16-11-5-7-13-18(16)19/h1-13,19H,(H,21,22). The second-order valence-corrected chi connectivity index (χ2v) is 5.45. The van der Waals surface area contributed by atoms with Crippen LogP contribution in [0.1, 0.15) is 17.2 Å². The maximum atomic E-state index is 12.3. The number of carbonyl (C=O) groups excluding carboxylic acids is 1. The van der Waals surface area contributed by atoms with Gasteiger partial charge in [0, 0.05) is 0 Å². The molecule has 1 N–H and O–H groups in total. The molecule has 1 amide bonds. The van der Waals surface area contributed by atoms with Gasteiger partial charge in [-0.1, -0.05) is 66.7 Å². The number of amides is 1. The van der Waals surface area contributed by atoms with Gasteiger partial charge < -0.3 is 10.1 Å². The summed E-state index contributed by atoms with van der Waals surface area (Å²) >= 11 is 0. The van der Waals surface area contributed by atoms with E-state index in [1.807, 2.05) is 54.6 Å². The predicted octanol–water partition coefficient (Wildman–Crippen LogP) is 4.55. The number of hydrogen-bond acceptors (Lipinski definition) is 2. The summed E-state index contributed by atoms with van der Waals surface area (Å²) in [6, 6.07) is 25.2. The van der Waals surface area contributed by atoms with E-state index in [-0.39, 0.29) is 6.04 Å². The second kappa shape index (κ2) is 5.61. The summed E-state index contributed by atoms with van der Waals surface area (Å²) in [7, 11) is 0. The molecule has 0 radical (unpaired) electrons. The summed E-state index contributed by atoms with van der Waals surface area (Å²) in [5, 5.41) is 2.98. The van der Waals surface area contributed by atoms with Gasteiger partial charge in [-0.25, -0.2) is 4.79 Å². The van der Waals surface area contributed by atoms with Crippen molar-refractivity contribution in [2.75, 3.05) is 0 Å². The van der Waals surface area contributed by atoms with E-state index < -0.39 is 6.09 Å². The summed E-state index contributed by atoms with van der Waals surface area (Å²) in [5.41, 5.74) is 4.51. The molecule has 112 valence electrons. The zero-order valence-electron chi connectivity index (χ0n) is 12.4. The topological polar surface area (TPSA) is 38.3 Å². The van der Waals surface area contributed by atoms with E-state index in [0.29, 0.717) is 5.75 Å². The Morgan fingerprint density at radius 2 is 1.26 bits per heavy atom. The van der Waals surface area contributed by atoms with Crippen molar-refractivity contribution in [3.63, 3.8) is 0 Å². The molecule has 0 aliphatic heterocycles. The Morgan fingerprint density at radius 1 is 0.739 bits per heavy atom. The first-order valence-corrected chi connectivity index (χ1v) is 7.54. The lowest BCUT2D eigenvalue weighted by Crippen LogP contribution is -2.30.